The van der Waals surface area contributed by atoms with Crippen LogP contribution < -0.4 is 4.74 Å². The Kier molecular flexibility index (Phi) is 5.30. The van der Waals surface area contributed by atoms with Crippen LogP contribution in [0.1, 0.15) is 28.9 Å². The number of hydrogen-bond donors (Lipinski definition) is 0. The van der Waals surface area contributed by atoms with Gasteiger partial charge in [0.2, 0.25) is 5.88 Å². The van der Waals surface area contributed by atoms with Crippen LogP contribution in [0.4, 0.5) is 0 Å². The van der Waals surface area contributed by atoms with E-state index in [1.54, 1.807) is 29.2 Å². The summed E-state index contributed by atoms with van der Waals surface area (Å²) in [5, 5.41) is 4.91. The number of benzene rings is 1. The van der Waals surface area contributed by atoms with E-state index < -0.39 is 0 Å². The molecule has 1 amide bonds. The Morgan fingerprint density at radius 3 is 2.61 bits per heavy atom. The Balaban J connectivity index is 1.41. The molecule has 3 aromatic rings. The van der Waals surface area contributed by atoms with Crippen LogP contribution >= 0.6 is 11.6 Å². The summed E-state index contributed by atoms with van der Waals surface area (Å²) >= 11 is 6.11. The molecule has 1 aromatic carbocycles. The fraction of sp³-hybridized carbons (Fsp3) is 0.286. The highest BCUT2D eigenvalue weighted by Gasteiger charge is 2.27. The predicted octanol–water partition coefficient (Wildman–Crippen LogP) is 3.91. The molecule has 6 nitrogen and oxygen atoms in total. The maximum absolute atomic E-state index is 13.0. The van der Waals surface area contributed by atoms with Gasteiger partial charge in [0.05, 0.1) is 23.1 Å². The monoisotopic (exact) mass is 396 g/mol. The summed E-state index contributed by atoms with van der Waals surface area (Å²) in [4.78, 5) is 19.0. The van der Waals surface area contributed by atoms with Gasteiger partial charge in [-0.2, -0.15) is 5.10 Å². The summed E-state index contributed by atoms with van der Waals surface area (Å²) in [5.41, 5.74) is 2.42. The second-order valence-corrected chi connectivity index (χ2v) is 7.20. The summed E-state index contributed by atoms with van der Waals surface area (Å²) in [7, 11) is 0. The van der Waals surface area contributed by atoms with Gasteiger partial charge in [-0.25, -0.2) is 9.67 Å². The van der Waals surface area contributed by atoms with E-state index in [-0.39, 0.29) is 12.0 Å². The lowest BCUT2D eigenvalue weighted by molar-refractivity contribution is 0.0587. The van der Waals surface area contributed by atoms with Crippen LogP contribution in [0.25, 0.3) is 5.69 Å². The molecule has 0 bridgehead atoms. The summed E-state index contributed by atoms with van der Waals surface area (Å²) in [5.74, 6) is 0.461. The molecule has 0 atom stereocenters. The molecule has 4 rings (SSSR count). The van der Waals surface area contributed by atoms with E-state index in [2.05, 4.69) is 10.1 Å². The number of carbonyl (C=O) groups is 1. The Hall–Kier alpha value is -2.86. The van der Waals surface area contributed by atoms with Crippen molar-refractivity contribution < 1.29 is 9.53 Å². The lowest BCUT2D eigenvalue weighted by Crippen LogP contribution is -2.42. The van der Waals surface area contributed by atoms with Crippen LogP contribution in [0.2, 0.25) is 5.02 Å². The van der Waals surface area contributed by atoms with Crippen molar-refractivity contribution in [2.24, 2.45) is 0 Å². The second-order valence-electron chi connectivity index (χ2n) is 6.79. The minimum atomic E-state index is 0.00425. The van der Waals surface area contributed by atoms with Crippen LogP contribution in [-0.4, -0.2) is 44.8 Å². The molecule has 28 heavy (non-hydrogen) atoms. The van der Waals surface area contributed by atoms with E-state index in [9.17, 15) is 4.79 Å². The molecule has 0 saturated carbocycles. The molecule has 3 heterocycles. The highest BCUT2D eigenvalue weighted by Crippen LogP contribution is 2.25. The first-order valence-electron chi connectivity index (χ1n) is 9.30. The van der Waals surface area contributed by atoms with Crippen LogP contribution in [0.3, 0.4) is 0 Å². The first-order valence-corrected chi connectivity index (χ1v) is 9.68. The number of hydrogen-bond acceptors (Lipinski definition) is 4. The molecule has 0 aliphatic carbocycles. The fourth-order valence-electron chi connectivity index (χ4n) is 3.41. The van der Waals surface area contributed by atoms with Gasteiger partial charge < -0.3 is 9.64 Å². The van der Waals surface area contributed by atoms with Crippen molar-refractivity contribution >= 4 is 17.5 Å². The van der Waals surface area contributed by atoms with Crippen molar-refractivity contribution in [3.8, 4) is 11.6 Å². The van der Waals surface area contributed by atoms with E-state index in [0.717, 1.165) is 24.2 Å². The third-order valence-electron chi connectivity index (χ3n) is 4.97. The smallest absolute Gasteiger partial charge is 0.257 e. The van der Waals surface area contributed by atoms with Gasteiger partial charge in [-0.05, 0) is 31.2 Å². The normalized spacial score (nSPS) is 14.9. The highest BCUT2D eigenvalue weighted by molar-refractivity contribution is 6.31. The first kappa shape index (κ1) is 18.5. The topological polar surface area (TPSA) is 60.3 Å². The van der Waals surface area contributed by atoms with E-state index in [4.69, 9.17) is 16.3 Å². The van der Waals surface area contributed by atoms with E-state index >= 15 is 0 Å². The van der Waals surface area contributed by atoms with Crippen LogP contribution in [-0.2, 0) is 0 Å². The lowest BCUT2D eigenvalue weighted by atomic mass is 10.1. The van der Waals surface area contributed by atoms with Crippen LogP contribution in [0, 0.1) is 6.92 Å². The molecule has 7 heteroatoms. The fourth-order valence-corrected chi connectivity index (χ4v) is 3.58. The summed E-state index contributed by atoms with van der Waals surface area (Å²) in [6.07, 6.45) is 4.80. The van der Waals surface area contributed by atoms with E-state index in [1.165, 1.54) is 0 Å². The molecule has 1 saturated heterocycles. The van der Waals surface area contributed by atoms with Gasteiger partial charge in [-0.1, -0.05) is 29.8 Å². The Bertz CT molecular complexity index is 966. The minimum Gasteiger partial charge on any atom is -0.473 e. The minimum absolute atomic E-state index is 0.00425. The van der Waals surface area contributed by atoms with Gasteiger partial charge in [-0.15, -0.1) is 0 Å². The Morgan fingerprint density at radius 2 is 1.89 bits per heavy atom. The van der Waals surface area contributed by atoms with Gasteiger partial charge in [0.15, 0.2) is 0 Å². The molecule has 0 radical (unpaired) electrons. The zero-order chi connectivity index (χ0) is 19.5. The highest BCUT2D eigenvalue weighted by atomic mass is 35.5. The maximum Gasteiger partial charge on any atom is 0.257 e. The molecule has 1 aliphatic heterocycles. The molecule has 144 valence electrons. The third-order valence-corrected chi connectivity index (χ3v) is 5.26. The predicted molar refractivity (Wildman–Crippen MR) is 107 cm³/mol. The molecular weight excluding hydrogens is 376 g/mol. The average molecular weight is 397 g/mol. The average Bonchev–Trinajstić information content (AvgIpc) is 3.12. The molecule has 0 spiro atoms. The Morgan fingerprint density at radius 1 is 1.14 bits per heavy atom. The quantitative estimate of drug-likeness (QED) is 0.670. The number of aromatic nitrogens is 3. The number of ether oxygens (including phenoxy) is 1. The van der Waals surface area contributed by atoms with Crippen molar-refractivity contribution in [3.05, 3.63) is 71.1 Å². The number of amides is 1. The lowest BCUT2D eigenvalue weighted by Gasteiger charge is -2.32. The van der Waals surface area contributed by atoms with Gasteiger partial charge in [0.25, 0.3) is 5.91 Å². The van der Waals surface area contributed by atoms with Crippen molar-refractivity contribution in [3.63, 3.8) is 0 Å². The maximum atomic E-state index is 13.0. The third kappa shape index (κ3) is 3.73. The zero-order valence-electron chi connectivity index (χ0n) is 15.6. The number of pyridine rings is 1. The van der Waals surface area contributed by atoms with Crippen molar-refractivity contribution in [1.29, 1.82) is 0 Å². The second kappa shape index (κ2) is 8.02. The number of para-hydroxylation sites is 1. The van der Waals surface area contributed by atoms with Crippen molar-refractivity contribution in [1.82, 2.24) is 19.7 Å². The zero-order valence-corrected chi connectivity index (χ0v) is 16.3. The molecule has 2 aromatic heterocycles. The standard InChI is InChI=1S/C21H21ClN4O2/c1-15-18(14-24-26(15)16-6-3-2-4-7-16)21(27)25-12-9-17(10-13-25)28-20-19(22)8-5-11-23-20/h2-8,11,14,17H,9-10,12-13H2,1H3. The molecule has 1 fully saturated rings. The molecule has 0 N–H and O–H groups in total. The van der Waals surface area contributed by atoms with Gasteiger partial charge in [0, 0.05) is 32.1 Å². The number of likely N-dealkylation sites (tertiary alicyclic amines) is 1. The van der Waals surface area contributed by atoms with Gasteiger partial charge in [-0.3, -0.25) is 4.79 Å². The number of halogens is 1. The summed E-state index contributed by atoms with van der Waals surface area (Å²) in [6, 6.07) is 13.3. The number of nitrogens with zero attached hydrogens (tertiary/aromatic N) is 4. The Labute approximate surface area is 168 Å². The largest absolute Gasteiger partial charge is 0.473 e. The number of rotatable bonds is 4. The molecular formula is C21H21ClN4O2. The number of piperidine rings is 1. The summed E-state index contributed by atoms with van der Waals surface area (Å²) in [6.45, 7) is 3.18. The SMILES string of the molecule is Cc1c(C(=O)N2CCC(Oc3ncccc3Cl)CC2)cnn1-c1ccccc1. The van der Waals surface area contributed by atoms with Gasteiger partial charge >= 0.3 is 0 Å². The van der Waals surface area contributed by atoms with Gasteiger partial charge in [0.1, 0.15) is 11.1 Å². The van der Waals surface area contributed by atoms with Crippen LogP contribution in [0.15, 0.2) is 54.9 Å². The first-order chi connectivity index (χ1) is 13.6. The van der Waals surface area contributed by atoms with E-state index in [1.807, 2.05) is 42.2 Å². The van der Waals surface area contributed by atoms with Crippen molar-refractivity contribution in [2.45, 2.75) is 25.9 Å². The molecule has 1 aliphatic rings. The number of carbonyl (C=O) groups excluding carboxylic acids is 1. The summed E-state index contributed by atoms with van der Waals surface area (Å²) < 4.78 is 7.71. The van der Waals surface area contributed by atoms with Crippen LogP contribution in [0.5, 0.6) is 5.88 Å². The van der Waals surface area contributed by atoms with Crippen molar-refractivity contribution in [2.75, 3.05) is 13.1 Å². The molecule has 0 unspecified atom stereocenters. The van der Waals surface area contributed by atoms with E-state index in [0.29, 0.717) is 29.6 Å².